The molecule has 0 radical (unpaired) electrons. The van der Waals surface area contributed by atoms with E-state index in [1.54, 1.807) is 28.6 Å². The van der Waals surface area contributed by atoms with Crippen LogP contribution in [-0.2, 0) is 9.59 Å². The second-order valence-corrected chi connectivity index (χ2v) is 5.01. The van der Waals surface area contributed by atoms with Crippen LogP contribution in [-0.4, -0.2) is 46.8 Å². The predicted molar refractivity (Wildman–Crippen MR) is 75.0 cm³/mol. The van der Waals surface area contributed by atoms with E-state index in [1.807, 2.05) is 32.1 Å². The van der Waals surface area contributed by atoms with E-state index in [9.17, 15) is 9.59 Å². The molecule has 0 aromatic rings. The van der Waals surface area contributed by atoms with Gasteiger partial charge in [-0.3, -0.25) is 9.59 Å². The molecule has 1 aliphatic heterocycles. The predicted octanol–water partition coefficient (Wildman–Crippen LogP) is 1.85. The van der Waals surface area contributed by atoms with Crippen molar-refractivity contribution in [1.82, 2.24) is 9.80 Å². The van der Waals surface area contributed by atoms with Crippen molar-refractivity contribution >= 4 is 23.6 Å². The second kappa shape index (κ2) is 7.26. The summed E-state index contributed by atoms with van der Waals surface area (Å²) in [6.45, 7) is 4.12. The van der Waals surface area contributed by atoms with Crippen LogP contribution in [0.3, 0.4) is 0 Å². The number of nitrogens with zero attached hydrogens (tertiary/aromatic N) is 2. The van der Waals surface area contributed by atoms with E-state index >= 15 is 0 Å². The maximum absolute atomic E-state index is 12.1. The molecule has 2 amide bonds. The first-order chi connectivity index (χ1) is 8.60. The summed E-state index contributed by atoms with van der Waals surface area (Å²) in [4.78, 5) is 26.8. The molecular formula is C13H20N2O2S. The lowest BCUT2D eigenvalue weighted by Crippen LogP contribution is -2.38. The minimum absolute atomic E-state index is 0.0498. The van der Waals surface area contributed by atoms with Crippen molar-refractivity contribution in [3.05, 3.63) is 23.9 Å². The van der Waals surface area contributed by atoms with Gasteiger partial charge in [-0.15, -0.1) is 11.8 Å². The minimum Gasteiger partial charge on any atom is -0.323 e. The summed E-state index contributed by atoms with van der Waals surface area (Å²) in [5.41, 5.74) is 0.879. The van der Waals surface area contributed by atoms with Crippen molar-refractivity contribution in [3.8, 4) is 0 Å². The monoisotopic (exact) mass is 268 g/mol. The SMILES string of the molecule is C/C=C\C(=C/CC)N(C)C(=O)CN1CSCC1=O. The Morgan fingerprint density at radius 1 is 1.56 bits per heavy atom. The maximum atomic E-state index is 12.1. The van der Waals surface area contributed by atoms with Gasteiger partial charge in [0.2, 0.25) is 11.8 Å². The standard InChI is InChI=1S/C13H20N2O2S/c1-4-6-11(7-5-2)14(3)12(16)8-15-10-18-9-13(15)17/h4,6-7H,5,8-10H2,1-3H3/b6-4-,11-7+. The average molecular weight is 268 g/mol. The number of hydrogen-bond donors (Lipinski definition) is 0. The van der Waals surface area contributed by atoms with E-state index in [0.29, 0.717) is 11.6 Å². The van der Waals surface area contributed by atoms with Crippen LogP contribution in [0.1, 0.15) is 20.3 Å². The van der Waals surface area contributed by atoms with E-state index < -0.39 is 0 Å². The van der Waals surface area contributed by atoms with Gasteiger partial charge in [-0.25, -0.2) is 0 Å². The second-order valence-electron chi connectivity index (χ2n) is 4.06. The first kappa shape index (κ1) is 14.8. The number of hydrogen-bond acceptors (Lipinski definition) is 3. The zero-order valence-corrected chi connectivity index (χ0v) is 12.0. The molecule has 5 heteroatoms. The van der Waals surface area contributed by atoms with Gasteiger partial charge in [0.05, 0.1) is 11.6 Å². The summed E-state index contributed by atoms with van der Waals surface area (Å²) in [6, 6.07) is 0. The third kappa shape index (κ3) is 3.91. The molecular weight excluding hydrogens is 248 g/mol. The maximum Gasteiger partial charge on any atom is 0.246 e. The molecule has 0 unspecified atom stereocenters. The molecule has 1 fully saturated rings. The molecule has 100 valence electrons. The molecule has 0 aliphatic carbocycles. The summed E-state index contributed by atoms with van der Waals surface area (Å²) in [6.07, 6.45) is 6.68. The highest BCUT2D eigenvalue weighted by atomic mass is 32.2. The molecule has 1 rings (SSSR count). The zero-order valence-electron chi connectivity index (χ0n) is 11.2. The number of allylic oxidation sites excluding steroid dienone is 3. The number of likely N-dealkylation sites (N-methyl/N-ethyl adjacent to an activating group) is 1. The summed E-state index contributed by atoms with van der Waals surface area (Å²) < 4.78 is 0. The van der Waals surface area contributed by atoms with Crippen molar-refractivity contribution < 1.29 is 9.59 Å². The third-order valence-corrected chi connectivity index (χ3v) is 3.61. The zero-order chi connectivity index (χ0) is 13.5. The molecule has 0 bridgehead atoms. The molecule has 0 saturated carbocycles. The molecule has 4 nitrogen and oxygen atoms in total. The van der Waals surface area contributed by atoms with E-state index in [-0.39, 0.29) is 18.4 Å². The Labute approximate surface area is 113 Å². The van der Waals surface area contributed by atoms with Gasteiger partial charge >= 0.3 is 0 Å². The number of carbonyl (C=O) groups excluding carboxylic acids is 2. The van der Waals surface area contributed by atoms with Gasteiger partial charge in [0.15, 0.2) is 0 Å². The third-order valence-electron chi connectivity index (χ3n) is 2.66. The van der Waals surface area contributed by atoms with Crippen molar-refractivity contribution in [2.45, 2.75) is 20.3 Å². The van der Waals surface area contributed by atoms with Crippen LogP contribution in [0.2, 0.25) is 0 Å². The fourth-order valence-electron chi connectivity index (χ4n) is 1.65. The smallest absolute Gasteiger partial charge is 0.246 e. The molecule has 0 spiro atoms. The van der Waals surface area contributed by atoms with Crippen molar-refractivity contribution in [3.63, 3.8) is 0 Å². The van der Waals surface area contributed by atoms with Gasteiger partial charge in [-0.2, -0.15) is 0 Å². The van der Waals surface area contributed by atoms with Crippen LogP contribution in [0.5, 0.6) is 0 Å². The lowest BCUT2D eigenvalue weighted by atomic mass is 10.3. The Morgan fingerprint density at radius 2 is 2.28 bits per heavy atom. The number of amides is 2. The van der Waals surface area contributed by atoms with Crippen molar-refractivity contribution in [2.24, 2.45) is 0 Å². The van der Waals surface area contributed by atoms with Crippen LogP contribution >= 0.6 is 11.8 Å². The van der Waals surface area contributed by atoms with Crippen molar-refractivity contribution in [2.75, 3.05) is 25.2 Å². The Balaban J connectivity index is 2.64. The van der Waals surface area contributed by atoms with Gasteiger partial charge < -0.3 is 9.80 Å². The fraction of sp³-hybridized carbons (Fsp3) is 0.538. The fourth-order valence-corrected chi connectivity index (χ4v) is 2.55. The Bertz CT molecular complexity index is 377. The summed E-state index contributed by atoms with van der Waals surface area (Å²) in [5, 5.41) is 0. The molecule has 0 atom stereocenters. The van der Waals surface area contributed by atoms with Crippen LogP contribution in [0, 0.1) is 0 Å². The quantitative estimate of drug-likeness (QED) is 0.714. The molecule has 0 aromatic heterocycles. The largest absolute Gasteiger partial charge is 0.323 e. The van der Waals surface area contributed by atoms with Crippen molar-refractivity contribution in [1.29, 1.82) is 0 Å². The molecule has 0 aromatic carbocycles. The topological polar surface area (TPSA) is 40.6 Å². The Hall–Kier alpha value is -1.23. The highest BCUT2D eigenvalue weighted by Gasteiger charge is 2.24. The number of thioether (sulfide) groups is 1. The molecule has 1 saturated heterocycles. The molecule has 18 heavy (non-hydrogen) atoms. The number of carbonyl (C=O) groups is 2. The minimum atomic E-state index is -0.0522. The van der Waals surface area contributed by atoms with E-state index in [4.69, 9.17) is 0 Å². The summed E-state index contributed by atoms with van der Waals surface area (Å²) in [7, 11) is 1.75. The summed E-state index contributed by atoms with van der Waals surface area (Å²) in [5.74, 6) is 1.11. The van der Waals surface area contributed by atoms with Crippen LogP contribution in [0.4, 0.5) is 0 Å². The van der Waals surface area contributed by atoms with Gasteiger partial charge in [0.25, 0.3) is 0 Å². The van der Waals surface area contributed by atoms with Crippen LogP contribution < -0.4 is 0 Å². The van der Waals surface area contributed by atoms with Crippen LogP contribution in [0.15, 0.2) is 23.9 Å². The summed E-state index contributed by atoms with van der Waals surface area (Å²) >= 11 is 1.55. The van der Waals surface area contributed by atoms with E-state index in [0.717, 1.165) is 12.1 Å². The lowest BCUT2D eigenvalue weighted by Gasteiger charge is -2.22. The lowest BCUT2D eigenvalue weighted by molar-refractivity contribution is -0.135. The average Bonchev–Trinajstić information content (AvgIpc) is 2.74. The normalized spacial score (nSPS) is 16.7. The van der Waals surface area contributed by atoms with Gasteiger partial charge in [0.1, 0.15) is 6.54 Å². The van der Waals surface area contributed by atoms with Gasteiger partial charge in [-0.05, 0) is 19.4 Å². The van der Waals surface area contributed by atoms with Crippen LogP contribution in [0.25, 0.3) is 0 Å². The molecule has 0 N–H and O–H groups in total. The molecule has 1 aliphatic rings. The molecule has 1 heterocycles. The number of rotatable bonds is 5. The highest BCUT2D eigenvalue weighted by molar-refractivity contribution is 8.00. The van der Waals surface area contributed by atoms with E-state index in [1.165, 1.54) is 0 Å². The Morgan fingerprint density at radius 3 is 2.78 bits per heavy atom. The first-order valence-corrected chi connectivity index (χ1v) is 7.20. The Kier molecular flexibility index (Phi) is 5.98. The highest BCUT2D eigenvalue weighted by Crippen LogP contribution is 2.15. The van der Waals surface area contributed by atoms with E-state index in [2.05, 4.69) is 0 Å². The van der Waals surface area contributed by atoms with Gasteiger partial charge in [-0.1, -0.05) is 19.1 Å². The first-order valence-electron chi connectivity index (χ1n) is 6.05. The van der Waals surface area contributed by atoms with Gasteiger partial charge in [0, 0.05) is 12.7 Å².